The summed E-state index contributed by atoms with van der Waals surface area (Å²) in [6.07, 6.45) is 5.19. The molecule has 0 amide bonds. The van der Waals surface area contributed by atoms with Crippen LogP contribution in [0.25, 0.3) is 6.08 Å². The van der Waals surface area contributed by atoms with E-state index in [-0.39, 0.29) is 0 Å². The van der Waals surface area contributed by atoms with E-state index in [2.05, 4.69) is 26.8 Å². The monoisotopic (exact) mass is 162 g/mol. The molecule has 1 heterocycles. The minimum absolute atomic E-state index is 0.628. The maximum Gasteiger partial charge on any atom is 0.130 e. The van der Waals surface area contributed by atoms with Gasteiger partial charge in [0.2, 0.25) is 0 Å². The van der Waals surface area contributed by atoms with E-state index in [1.165, 1.54) is 23.1 Å². The molecule has 1 aromatic heterocycles. The van der Waals surface area contributed by atoms with Crippen molar-refractivity contribution in [2.75, 3.05) is 0 Å². The van der Waals surface area contributed by atoms with Crippen LogP contribution in [0.3, 0.4) is 0 Å². The molecule has 0 aromatic carbocycles. The summed E-state index contributed by atoms with van der Waals surface area (Å²) in [4.78, 5) is 0. The predicted molar refractivity (Wildman–Crippen MR) is 50.1 cm³/mol. The molecule has 0 fully saturated rings. The fraction of sp³-hybridized carbons (Fsp3) is 0.455. The number of fused-ring (bicyclic) bond motifs is 1. The first-order chi connectivity index (χ1) is 5.68. The van der Waals surface area contributed by atoms with Crippen molar-refractivity contribution in [2.45, 2.75) is 33.1 Å². The van der Waals surface area contributed by atoms with Crippen LogP contribution in [-0.4, -0.2) is 0 Å². The Balaban J connectivity index is 2.57. The van der Waals surface area contributed by atoms with Crippen LogP contribution in [0, 0.1) is 6.92 Å². The maximum absolute atomic E-state index is 5.45. The summed E-state index contributed by atoms with van der Waals surface area (Å²) in [5.74, 6) is 1.70. The zero-order chi connectivity index (χ0) is 8.72. The van der Waals surface area contributed by atoms with Crippen molar-refractivity contribution in [3.8, 4) is 0 Å². The third-order valence-electron chi connectivity index (χ3n) is 2.55. The number of aryl methyl sites for hydroxylation is 1. The highest BCUT2D eigenvalue weighted by Gasteiger charge is 2.20. The van der Waals surface area contributed by atoms with E-state index in [0.29, 0.717) is 5.92 Å². The van der Waals surface area contributed by atoms with Crippen molar-refractivity contribution >= 4 is 6.08 Å². The van der Waals surface area contributed by atoms with Gasteiger partial charge < -0.3 is 4.42 Å². The molecule has 12 heavy (non-hydrogen) atoms. The third kappa shape index (κ3) is 1.01. The number of allylic oxidation sites excluding steroid dienone is 1. The van der Waals surface area contributed by atoms with E-state index in [1.54, 1.807) is 0 Å². The Kier molecular flexibility index (Phi) is 1.60. The SMILES string of the molecule is CC1=Cc2occ(C)c2C(C)C1. The molecular weight excluding hydrogens is 148 g/mol. The van der Waals surface area contributed by atoms with Gasteiger partial charge in [-0.1, -0.05) is 12.5 Å². The molecular formula is C11H14O. The van der Waals surface area contributed by atoms with Gasteiger partial charge in [-0.15, -0.1) is 0 Å². The molecule has 1 nitrogen and oxygen atoms in total. The smallest absolute Gasteiger partial charge is 0.130 e. The molecule has 1 unspecified atom stereocenters. The fourth-order valence-electron chi connectivity index (χ4n) is 2.08. The molecule has 0 bridgehead atoms. The molecule has 64 valence electrons. The number of rotatable bonds is 0. The molecule has 0 radical (unpaired) electrons. The van der Waals surface area contributed by atoms with Crippen LogP contribution in [0.15, 0.2) is 16.3 Å². The van der Waals surface area contributed by atoms with Crippen LogP contribution in [0.2, 0.25) is 0 Å². The molecule has 0 saturated carbocycles. The number of hydrogen-bond acceptors (Lipinski definition) is 1. The Morgan fingerprint density at radius 3 is 2.92 bits per heavy atom. The third-order valence-corrected chi connectivity index (χ3v) is 2.55. The zero-order valence-electron chi connectivity index (χ0n) is 7.85. The van der Waals surface area contributed by atoms with Crippen LogP contribution in [-0.2, 0) is 0 Å². The van der Waals surface area contributed by atoms with Crippen molar-refractivity contribution in [1.29, 1.82) is 0 Å². The average Bonchev–Trinajstić information content (AvgIpc) is 2.31. The standard InChI is InChI=1S/C11H14O/c1-7-4-8(2)11-9(3)6-12-10(11)5-7/h5-6,8H,4H2,1-3H3. The lowest BCUT2D eigenvalue weighted by Gasteiger charge is -2.17. The van der Waals surface area contributed by atoms with E-state index in [1.807, 2.05) is 6.26 Å². The van der Waals surface area contributed by atoms with Gasteiger partial charge in [-0.25, -0.2) is 0 Å². The summed E-state index contributed by atoms with van der Waals surface area (Å²) in [6, 6.07) is 0. The van der Waals surface area contributed by atoms with Gasteiger partial charge in [-0.05, 0) is 37.8 Å². The Morgan fingerprint density at radius 1 is 1.42 bits per heavy atom. The second-order valence-electron chi connectivity index (χ2n) is 3.79. The molecule has 0 spiro atoms. The van der Waals surface area contributed by atoms with Gasteiger partial charge in [0.15, 0.2) is 0 Å². The first-order valence-electron chi connectivity index (χ1n) is 4.43. The zero-order valence-corrected chi connectivity index (χ0v) is 7.85. The molecule has 0 saturated heterocycles. The maximum atomic E-state index is 5.45. The summed E-state index contributed by atoms with van der Waals surface area (Å²) in [5, 5.41) is 0. The Labute approximate surface area is 73.1 Å². The summed E-state index contributed by atoms with van der Waals surface area (Å²) in [7, 11) is 0. The van der Waals surface area contributed by atoms with Crippen LogP contribution in [0.1, 0.15) is 43.1 Å². The number of furan rings is 1. The molecule has 1 aromatic rings. The molecule has 1 aliphatic carbocycles. The van der Waals surface area contributed by atoms with Gasteiger partial charge in [0.25, 0.3) is 0 Å². The van der Waals surface area contributed by atoms with Crippen LogP contribution in [0.5, 0.6) is 0 Å². The van der Waals surface area contributed by atoms with Crippen molar-refractivity contribution in [3.63, 3.8) is 0 Å². The molecule has 0 aliphatic heterocycles. The van der Waals surface area contributed by atoms with Crippen LogP contribution < -0.4 is 0 Å². The lowest BCUT2D eigenvalue weighted by atomic mass is 9.87. The molecule has 1 atom stereocenters. The Morgan fingerprint density at radius 2 is 2.17 bits per heavy atom. The van der Waals surface area contributed by atoms with E-state index >= 15 is 0 Å². The largest absolute Gasteiger partial charge is 0.464 e. The van der Waals surface area contributed by atoms with Crippen molar-refractivity contribution in [2.24, 2.45) is 0 Å². The minimum atomic E-state index is 0.628. The molecule has 1 heteroatoms. The summed E-state index contributed by atoms with van der Waals surface area (Å²) in [5.41, 5.74) is 4.12. The van der Waals surface area contributed by atoms with E-state index < -0.39 is 0 Å². The van der Waals surface area contributed by atoms with Gasteiger partial charge in [0.05, 0.1) is 6.26 Å². The summed E-state index contributed by atoms with van der Waals surface area (Å²) < 4.78 is 5.45. The normalized spacial score (nSPS) is 21.9. The highest BCUT2D eigenvalue weighted by atomic mass is 16.3. The lowest BCUT2D eigenvalue weighted by Crippen LogP contribution is -2.01. The van der Waals surface area contributed by atoms with Crippen molar-refractivity contribution in [1.82, 2.24) is 0 Å². The van der Waals surface area contributed by atoms with Gasteiger partial charge in [-0.3, -0.25) is 0 Å². The van der Waals surface area contributed by atoms with Crippen molar-refractivity contribution < 1.29 is 4.42 Å². The Bertz CT molecular complexity index is 331. The van der Waals surface area contributed by atoms with Crippen LogP contribution in [0.4, 0.5) is 0 Å². The first-order valence-corrected chi connectivity index (χ1v) is 4.43. The highest BCUT2D eigenvalue weighted by molar-refractivity contribution is 5.57. The topological polar surface area (TPSA) is 13.1 Å². The van der Waals surface area contributed by atoms with Gasteiger partial charge in [0.1, 0.15) is 5.76 Å². The summed E-state index contributed by atoms with van der Waals surface area (Å²) in [6.45, 7) is 6.54. The lowest BCUT2D eigenvalue weighted by molar-refractivity contribution is 0.543. The number of hydrogen-bond donors (Lipinski definition) is 0. The second-order valence-corrected chi connectivity index (χ2v) is 3.79. The van der Waals surface area contributed by atoms with E-state index in [4.69, 9.17) is 4.42 Å². The first kappa shape index (κ1) is 7.66. The van der Waals surface area contributed by atoms with Gasteiger partial charge in [0, 0.05) is 5.56 Å². The summed E-state index contributed by atoms with van der Waals surface area (Å²) >= 11 is 0. The Hall–Kier alpha value is -0.980. The average molecular weight is 162 g/mol. The van der Waals surface area contributed by atoms with Gasteiger partial charge >= 0.3 is 0 Å². The molecule has 1 aliphatic rings. The van der Waals surface area contributed by atoms with E-state index in [9.17, 15) is 0 Å². The molecule has 2 rings (SSSR count). The minimum Gasteiger partial charge on any atom is -0.464 e. The molecule has 0 N–H and O–H groups in total. The van der Waals surface area contributed by atoms with Crippen molar-refractivity contribution in [3.05, 3.63) is 28.7 Å². The van der Waals surface area contributed by atoms with E-state index in [0.717, 1.165) is 5.76 Å². The predicted octanol–water partition coefficient (Wildman–Crippen LogP) is 3.50. The van der Waals surface area contributed by atoms with Gasteiger partial charge in [-0.2, -0.15) is 0 Å². The quantitative estimate of drug-likeness (QED) is 0.569. The van der Waals surface area contributed by atoms with Crippen LogP contribution >= 0.6 is 0 Å². The fourth-order valence-corrected chi connectivity index (χ4v) is 2.08. The highest BCUT2D eigenvalue weighted by Crippen LogP contribution is 2.35. The second kappa shape index (κ2) is 2.51.